The first kappa shape index (κ1) is 12.5. The summed E-state index contributed by atoms with van der Waals surface area (Å²) in [4.78, 5) is 18.3. The Morgan fingerprint density at radius 2 is 2.26 bits per heavy atom. The molecule has 1 amide bonds. The van der Waals surface area contributed by atoms with Crippen molar-refractivity contribution < 1.29 is 9.53 Å². The number of likely N-dealkylation sites (tertiary alicyclic amines) is 1. The summed E-state index contributed by atoms with van der Waals surface area (Å²) in [5.41, 5.74) is 0.956. The molecule has 0 unspecified atom stereocenters. The molecule has 1 aromatic heterocycles. The molecule has 1 aliphatic heterocycles. The monoisotopic (exact) mass is 260 g/mol. The van der Waals surface area contributed by atoms with E-state index >= 15 is 0 Å². The molecule has 0 radical (unpaired) electrons. The highest BCUT2D eigenvalue weighted by atomic mass is 16.5. The van der Waals surface area contributed by atoms with Gasteiger partial charge >= 0.3 is 0 Å². The number of pyridine rings is 1. The number of amides is 1. The van der Waals surface area contributed by atoms with Crippen LogP contribution in [0.4, 0.5) is 0 Å². The molecule has 1 aromatic rings. The molecule has 1 aliphatic carbocycles. The third kappa shape index (κ3) is 3.25. The second-order valence-corrected chi connectivity index (χ2v) is 5.63. The van der Waals surface area contributed by atoms with E-state index in [9.17, 15) is 4.79 Å². The lowest BCUT2D eigenvalue weighted by atomic mass is 10.2. The van der Waals surface area contributed by atoms with Gasteiger partial charge in [0.25, 0.3) is 0 Å². The van der Waals surface area contributed by atoms with Crippen molar-refractivity contribution in [3.05, 3.63) is 23.9 Å². The summed E-state index contributed by atoms with van der Waals surface area (Å²) in [5, 5.41) is 0. The summed E-state index contributed by atoms with van der Waals surface area (Å²) < 4.78 is 5.85. The Balaban J connectivity index is 1.52. The van der Waals surface area contributed by atoms with E-state index in [0.717, 1.165) is 25.1 Å². The fourth-order valence-corrected chi connectivity index (χ4v) is 2.50. The van der Waals surface area contributed by atoms with Gasteiger partial charge in [-0.1, -0.05) is 6.07 Å². The molecule has 1 saturated heterocycles. The van der Waals surface area contributed by atoms with Gasteiger partial charge in [0.1, 0.15) is 6.10 Å². The second-order valence-electron chi connectivity index (χ2n) is 5.63. The Labute approximate surface area is 113 Å². The van der Waals surface area contributed by atoms with Crippen LogP contribution in [0.25, 0.3) is 0 Å². The van der Waals surface area contributed by atoms with Crippen LogP contribution in [-0.4, -0.2) is 35.0 Å². The van der Waals surface area contributed by atoms with Crippen molar-refractivity contribution in [2.24, 2.45) is 5.92 Å². The summed E-state index contributed by atoms with van der Waals surface area (Å²) in [6.45, 7) is 3.48. The third-order valence-corrected chi connectivity index (χ3v) is 3.81. The maximum absolute atomic E-state index is 12.0. The standard InChI is InChI=1S/C15H20N2O2/c1-11-3-2-4-14(16-11)19-13-7-8-17(10-13)15(18)9-12-5-6-12/h2-4,12-13H,5-10H2,1H3/t13-/m1/s1. The number of hydrogen-bond acceptors (Lipinski definition) is 3. The topological polar surface area (TPSA) is 42.4 Å². The second kappa shape index (κ2) is 5.19. The molecule has 102 valence electrons. The van der Waals surface area contributed by atoms with Crippen LogP contribution in [0.2, 0.25) is 0 Å². The number of hydrogen-bond donors (Lipinski definition) is 0. The average molecular weight is 260 g/mol. The van der Waals surface area contributed by atoms with Crippen LogP contribution in [0, 0.1) is 12.8 Å². The molecular formula is C15H20N2O2. The van der Waals surface area contributed by atoms with Gasteiger partial charge in [-0.3, -0.25) is 4.79 Å². The van der Waals surface area contributed by atoms with Crippen LogP contribution in [0.15, 0.2) is 18.2 Å². The minimum atomic E-state index is 0.0949. The summed E-state index contributed by atoms with van der Waals surface area (Å²) >= 11 is 0. The number of rotatable bonds is 4. The van der Waals surface area contributed by atoms with Crippen LogP contribution in [-0.2, 0) is 4.79 Å². The van der Waals surface area contributed by atoms with Crippen LogP contribution >= 0.6 is 0 Å². The van der Waals surface area contributed by atoms with Gasteiger partial charge in [0.05, 0.1) is 6.54 Å². The van der Waals surface area contributed by atoms with Crippen molar-refractivity contribution in [2.75, 3.05) is 13.1 Å². The number of carbonyl (C=O) groups excluding carboxylic acids is 1. The van der Waals surface area contributed by atoms with Gasteiger partial charge in [-0.05, 0) is 31.7 Å². The summed E-state index contributed by atoms with van der Waals surface area (Å²) in [6.07, 6.45) is 4.19. The van der Waals surface area contributed by atoms with Crippen LogP contribution in [0.3, 0.4) is 0 Å². The van der Waals surface area contributed by atoms with Gasteiger partial charge in [0, 0.05) is 31.1 Å². The highest BCUT2D eigenvalue weighted by Gasteiger charge is 2.31. The molecule has 0 spiro atoms. The zero-order valence-corrected chi connectivity index (χ0v) is 11.3. The largest absolute Gasteiger partial charge is 0.472 e. The van der Waals surface area contributed by atoms with E-state index in [4.69, 9.17) is 4.74 Å². The molecule has 2 heterocycles. The van der Waals surface area contributed by atoms with Crippen LogP contribution < -0.4 is 4.74 Å². The number of aromatic nitrogens is 1. The average Bonchev–Trinajstić information content (AvgIpc) is 3.06. The van der Waals surface area contributed by atoms with E-state index in [2.05, 4.69) is 4.98 Å². The first-order chi connectivity index (χ1) is 9.20. The van der Waals surface area contributed by atoms with Crippen molar-refractivity contribution >= 4 is 5.91 Å². The lowest BCUT2D eigenvalue weighted by Crippen LogP contribution is -2.31. The number of nitrogens with zero attached hydrogens (tertiary/aromatic N) is 2. The Hall–Kier alpha value is -1.58. The smallest absolute Gasteiger partial charge is 0.222 e. The summed E-state index contributed by atoms with van der Waals surface area (Å²) in [6, 6.07) is 5.78. The summed E-state index contributed by atoms with van der Waals surface area (Å²) in [7, 11) is 0. The number of carbonyl (C=O) groups is 1. The van der Waals surface area contributed by atoms with E-state index in [1.165, 1.54) is 12.8 Å². The van der Waals surface area contributed by atoms with Crippen molar-refractivity contribution in [1.29, 1.82) is 0 Å². The Kier molecular flexibility index (Phi) is 3.40. The Morgan fingerprint density at radius 3 is 3.00 bits per heavy atom. The maximum atomic E-state index is 12.0. The number of ether oxygens (including phenoxy) is 1. The van der Waals surface area contributed by atoms with Gasteiger partial charge < -0.3 is 9.64 Å². The van der Waals surface area contributed by atoms with Gasteiger partial charge in [0.15, 0.2) is 0 Å². The molecule has 3 rings (SSSR count). The van der Waals surface area contributed by atoms with Crippen molar-refractivity contribution in [3.63, 3.8) is 0 Å². The highest BCUT2D eigenvalue weighted by molar-refractivity contribution is 5.77. The molecule has 0 bridgehead atoms. The van der Waals surface area contributed by atoms with Crippen molar-refractivity contribution in [2.45, 2.75) is 38.7 Å². The minimum absolute atomic E-state index is 0.0949. The first-order valence-corrected chi connectivity index (χ1v) is 7.09. The molecular weight excluding hydrogens is 240 g/mol. The molecule has 19 heavy (non-hydrogen) atoms. The SMILES string of the molecule is Cc1cccc(O[C@@H]2CCN(C(=O)CC3CC3)C2)n1. The molecule has 0 N–H and O–H groups in total. The molecule has 4 heteroatoms. The highest BCUT2D eigenvalue weighted by Crippen LogP contribution is 2.33. The predicted molar refractivity (Wildman–Crippen MR) is 71.9 cm³/mol. The van der Waals surface area contributed by atoms with E-state index < -0.39 is 0 Å². The van der Waals surface area contributed by atoms with E-state index in [1.807, 2.05) is 30.0 Å². The maximum Gasteiger partial charge on any atom is 0.222 e. The van der Waals surface area contributed by atoms with Crippen LogP contribution in [0.1, 0.15) is 31.4 Å². The van der Waals surface area contributed by atoms with Crippen LogP contribution in [0.5, 0.6) is 5.88 Å². The summed E-state index contributed by atoms with van der Waals surface area (Å²) in [5.74, 6) is 1.62. The molecule has 2 aliphatic rings. The molecule has 1 atom stereocenters. The van der Waals surface area contributed by atoms with Crippen molar-refractivity contribution in [3.8, 4) is 5.88 Å². The zero-order valence-electron chi connectivity index (χ0n) is 11.3. The molecule has 1 saturated carbocycles. The Morgan fingerprint density at radius 1 is 1.42 bits per heavy atom. The lowest BCUT2D eigenvalue weighted by Gasteiger charge is -2.17. The molecule has 0 aromatic carbocycles. The third-order valence-electron chi connectivity index (χ3n) is 3.81. The zero-order chi connectivity index (χ0) is 13.2. The van der Waals surface area contributed by atoms with Gasteiger partial charge in [-0.25, -0.2) is 4.98 Å². The quantitative estimate of drug-likeness (QED) is 0.833. The number of aryl methyl sites for hydroxylation is 1. The van der Waals surface area contributed by atoms with E-state index in [-0.39, 0.29) is 6.10 Å². The Bertz CT molecular complexity index is 471. The fraction of sp³-hybridized carbons (Fsp3) is 0.600. The lowest BCUT2D eigenvalue weighted by molar-refractivity contribution is -0.130. The molecule has 2 fully saturated rings. The fourth-order valence-electron chi connectivity index (χ4n) is 2.50. The van der Waals surface area contributed by atoms with Crippen molar-refractivity contribution in [1.82, 2.24) is 9.88 Å². The normalized spacial score (nSPS) is 22.6. The van der Waals surface area contributed by atoms with E-state index in [0.29, 0.717) is 24.2 Å². The minimum Gasteiger partial charge on any atom is -0.472 e. The predicted octanol–water partition coefficient (Wildman–Crippen LogP) is 2.17. The van der Waals surface area contributed by atoms with Gasteiger partial charge in [0.2, 0.25) is 11.8 Å². The van der Waals surface area contributed by atoms with Gasteiger partial charge in [-0.15, -0.1) is 0 Å². The molecule has 4 nitrogen and oxygen atoms in total. The first-order valence-electron chi connectivity index (χ1n) is 7.09. The van der Waals surface area contributed by atoms with Gasteiger partial charge in [-0.2, -0.15) is 0 Å². The van der Waals surface area contributed by atoms with E-state index in [1.54, 1.807) is 0 Å².